The van der Waals surface area contributed by atoms with E-state index in [9.17, 15) is 13.9 Å². The van der Waals surface area contributed by atoms with Crippen molar-refractivity contribution in [3.63, 3.8) is 0 Å². The Hall–Kier alpha value is -0.230. The third-order valence-electron chi connectivity index (χ3n) is 3.19. The van der Waals surface area contributed by atoms with E-state index in [4.69, 9.17) is 18.1 Å². The van der Waals surface area contributed by atoms with E-state index < -0.39 is 26.5 Å². The van der Waals surface area contributed by atoms with Crippen molar-refractivity contribution in [3.8, 4) is 0 Å². The molecule has 0 fully saturated rings. The maximum absolute atomic E-state index is 13.2. The van der Waals surface area contributed by atoms with Crippen molar-refractivity contribution in [3.05, 3.63) is 0 Å². The van der Waals surface area contributed by atoms with Crippen LogP contribution in [0.2, 0.25) is 0 Å². The van der Waals surface area contributed by atoms with Gasteiger partial charge in [-0.3, -0.25) is 13.9 Å². The second-order valence-corrected chi connectivity index (χ2v) is 9.99. The Labute approximate surface area is 151 Å². The largest absolute Gasteiger partial charge is 0.356 e. The number of amides is 1. The summed E-state index contributed by atoms with van der Waals surface area (Å²) in [4.78, 5) is 12.3. The second-order valence-electron chi connectivity index (χ2n) is 5.14. The lowest BCUT2D eigenvalue weighted by Gasteiger charge is -2.31. The van der Waals surface area contributed by atoms with Gasteiger partial charge in [-0.1, -0.05) is 13.3 Å². The lowest BCUT2D eigenvalue weighted by molar-refractivity contribution is -0.121. The van der Waals surface area contributed by atoms with Crippen LogP contribution in [-0.4, -0.2) is 44.3 Å². The zero-order valence-corrected chi connectivity index (χ0v) is 17.8. The van der Waals surface area contributed by atoms with Crippen LogP contribution in [0.4, 0.5) is 0 Å². The molecule has 150 valence electrons. The summed E-state index contributed by atoms with van der Waals surface area (Å²) in [6.45, 7) is 9.44. The van der Waals surface area contributed by atoms with Gasteiger partial charge >= 0.3 is 15.2 Å². The van der Waals surface area contributed by atoms with E-state index in [1.165, 1.54) is 0 Å². The van der Waals surface area contributed by atoms with Gasteiger partial charge in [-0.05, 0) is 34.1 Å². The predicted octanol–water partition coefficient (Wildman–Crippen LogP) is 4.15. The van der Waals surface area contributed by atoms with Crippen LogP contribution in [-0.2, 0) is 32.0 Å². The van der Waals surface area contributed by atoms with Crippen LogP contribution >= 0.6 is 15.2 Å². The summed E-state index contributed by atoms with van der Waals surface area (Å²) >= 11 is 0. The van der Waals surface area contributed by atoms with E-state index in [1.807, 2.05) is 6.92 Å². The lowest BCUT2D eigenvalue weighted by atomic mass is 10.3. The zero-order chi connectivity index (χ0) is 19.3. The Morgan fingerprint density at radius 3 is 1.56 bits per heavy atom. The van der Waals surface area contributed by atoms with E-state index in [1.54, 1.807) is 27.7 Å². The molecule has 0 spiro atoms. The molecule has 0 rings (SSSR count). The summed E-state index contributed by atoms with van der Waals surface area (Å²) in [5, 5.41) is 1.42. The predicted molar refractivity (Wildman–Crippen MR) is 98.0 cm³/mol. The number of unbranched alkanes of at least 4 members (excludes halogenated alkanes) is 1. The number of carbonyl (C=O) groups excluding carboxylic acids is 1. The number of hydrogen-bond donors (Lipinski definition) is 1. The molecule has 0 aromatic carbocycles. The highest BCUT2D eigenvalue weighted by Crippen LogP contribution is 2.71. The Balaban J connectivity index is 5.64. The Bertz CT molecular complexity index is 423. The molecule has 10 heteroatoms. The average Bonchev–Trinajstić information content (AvgIpc) is 2.53. The molecule has 8 nitrogen and oxygen atoms in total. The van der Waals surface area contributed by atoms with Gasteiger partial charge in [0.1, 0.15) is 0 Å². The molecule has 0 aliphatic heterocycles. The molecule has 1 amide bonds. The molecule has 0 aromatic rings. The fraction of sp³-hybridized carbons (Fsp3) is 0.933. The van der Waals surface area contributed by atoms with Gasteiger partial charge in [-0.2, -0.15) is 0 Å². The third-order valence-corrected chi connectivity index (χ3v) is 9.18. The molecule has 0 bridgehead atoms. The molecule has 0 saturated heterocycles. The maximum atomic E-state index is 13.2. The van der Waals surface area contributed by atoms with Crippen LogP contribution in [0.3, 0.4) is 0 Å². The van der Waals surface area contributed by atoms with E-state index in [0.717, 1.165) is 12.8 Å². The smallest absolute Gasteiger partial charge is 0.346 e. The van der Waals surface area contributed by atoms with E-state index in [-0.39, 0.29) is 32.8 Å². The lowest BCUT2D eigenvalue weighted by Crippen LogP contribution is -2.30. The molecule has 0 aromatic heterocycles. The minimum absolute atomic E-state index is 0.0868. The normalized spacial score (nSPS) is 12.6. The Morgan fingerprint density at radius 1 is 0.840 bits per heavy atom. The highest BCUT2D eigenvalue weighted by atomic mass is 31.2. The first-order chi connectivity index (χ1) is 11.8. The topological polar surface area (TPSA) is 100 Å². The van der Waals surface area contributed by atoms with Crippen LogP contribution in [0.25, 0.3) is 0 Å². The summed E-state index contributed by atoms with van der Waals surface area (Å²) in [5.41, 5.74) is 0. The van der Waals surface area contributed by atoms with Crippen LogP contribution < -0.4 is 5.32 Å². The molecular formula is C15H33NO7P2. The minimum Gasteiger partial charge on any atom is -0.356 e. The molecule has 0 unspecified atom stereocenters. The van der Waals surface area contributed by atoms with Crippen LogP contribution in [0.15, 0.2) is 0 Å². The second kappa shape index (κ2) is 13.0. The highest BCUT2D eigenvalue weighted by molar-refractivity contribution is 7.72. The summed E-state index contributed by atoms with van der Waals surface area (Å²) in [7, 11) is -7.75. The number of rotatable bonds is 15. The monoisotopic (exact) mass is 401 g/mol. The maximum Gasteiger partial charge on any atom is 0.346 e. The van der Waals surface area contributed by atoms with Crippen molar-refractivity contribution in [2.75, 3.05) is 33.0 Å². The molecule has 0 heterocycles. The first kappa shape index (κ1) is 24.8. The quantitative estimate of drug-likeness (QED) is 0.325. The van der Waals surface area contributed by atoms with Crippen molar-refractivity contribution in [2.24, 2.45) is 0 Å². The molecule has 0 atom stereocenters. The summed E-state index contributed by atoms with van der Waals surface area (Å²) < 4.78 is 47.7. The summed E-state index contributed by atoms with van der Waals surface area (Å²) in [6.07, 6.45) is 1.42. The molecular weight excluding hydrogens is 368 g/mol. The first-order valence-electron chi connectivity index (χ1n) is 8.87. The van der Waals surface area contributed by atoms with Crippen molar-refractivity contribution in [1.29, 1.82) is 0 Å². The van der Waals surface area contributed by atoms with Crippen LogP contribution in [0, 0.1) is 0 Å². The molecule has 0 aliphatic rings. The third kappa shape index (κ3) is 8.33. The van der Waals surface area contributed by atoms with E-state index in [0.29, 0.717) is 6.54 Å². The van der Waals surface area contributed by atoms with Crippen molar-refractivity contribution < 1.29 is 32.0 Å². The first-order valence-corrected chi connectivity index (χ1v) is 12.1. The number of hydrogen-bond acceptors (Lipinski definition) is 7. The van der Waals surface area contributed by atoms with E-state index >= 15 is 0 Å². The minimum atomic E-state index is -3.88. The standard InChI is InChI=1S/C15H33NO7P2/c1-6-11-12-16-14(17)13-15(24(18,20-7-2)21-8-3)25(19,22-9-4)23-10-5/h15H,6-13H2,1-5H3,(H,16,17). The average molecular weight is 401 g/mol. The molecule has 1 N–H and O–H groups in total. The highest BCUT2D eigenvalue weighted by Gasteiger charge is 2.51. The van der Waals surface area contributed by atoms with Gasteiger partial charge < -0.3 is 23.4 Å². The van der Waals surface area contributed by atoms with Gasteiger partial charge in [-0.25, -0.2) is 0 Å². The van der Waals surface area contributed by atoms with Crippen molar-refractivity contribution >= 4 is 21.1 Å². The zero-order valence-electron chi connectivity index (χ0n) is 16.0. The van der Waals surface area contributed by atoms with Gasteiger partial charge in [0.2, 0.25) is 5.91 Å². The van der Waals surface area contributed by atoms with Crippen molar-refractivity contribution in [2.45, 2.75) is 59.3 Å². The van der Waals surface area contributed by atoms with Crippen molar-refractivity contribution in [1.82, 2.24) is 5.32 Å². The Morgan fingerprint density at radius 2 is 1.24 bits per heavy atom. The van der Waals surface area contributed by atoms with Gasteiger partial charge in [-0.15, -0.1) is 0 Å². The SMILES string of the molecule is CCCCNC(=O)CC(P(=O)(OCC)OCC)P(=O)(OCC)OCC. The van der Waals surface area contributed by atoms with Crippen LogP contribution in [0.1, 0.15) is 53.9 Å². The summed E-state index contributed by atoms with van der Waals surface area (Å²) in [6, 6.07) is 0. The molecule has 0 saturated carbocycles. The van der Waals surface area contributed by atoms with Gasteiger partial charge in [0, 0.05) is 6.54 Å². The van der Waals surface area contributed by atoms with Gasteiger partial charge in [0.05, 0.1) is 32.8 Å². The molecule has 0 radical (unpaired) electrons. The Kier molecular flexibility index (Phi) is 12.9. The number of nitrogens with one attached hydrogen (secondary N) is 1. The van der Waals surface area contributed by atoms with E-state index in [2.05, 4.69) is 5.32 Å². The summed E-state index contributed by atoms with van der Waals surface area (Å²) in [5.74, 6) is -0.391. The fourth-order valence-corrected chi connectivity index (χ4v) is 7.42. The van der Waals surface area contributed by atoms with Gasteiger partial charge in [0.15, 0.2) is 5.40 Å². The van der Waals surface area contributed by atoms with Gasteiger partial charge in [0.25, 0.3) is 0 Å². The fourth-order valence-electron chi connectivity index (χ4n) is 2.18. The molecule has 0 aliphatic carbocycles. The molecule has 25 heavy (non-hydrogen) atoms. The van der Waals surface area contributed by atoms with Crippen LogP contribution in [0.5, 0.6) is 0 Å². The number of carbonyl (C=O) groups is 1.